The fourth-order valence-corrected chi connectivity index (χ4v) is 5.91. The van der Waals surface area contributed by atoms with E-state index in [2.05, 4.69) is 30.5 Å². The van der Waals surface area contributed by atoms with Gasteiger partial charge in [0, 0.05) is 6.42 Å². The van der Waals surface area contributed by atoms with Crippen LogP contribution in [0.1, 0.15) is 174 Å². The van der Waals surface area contributed by atoms with Gasteiger partial charge in [0.1, 0.15) is 6.61 Å². The molecule has 3 atom stereocenters. The maximum atomic E-state index is 12.2. The lowest BCUT2D eigenvalue weighted by Crippen LogP contribution is -2.25. The van der Waals surface area contributed by atoms with Gasteiger partial charge in [0.15, 0.2) is 6.10 Å². The Bertz CT molecular complexity index is 811. The summed E-state index contributed by atoms with van der Waals surface area (Å²) in [5.74, 6) is -0.331. The zero-order valence-electron chi connectivity index (χ0n) is 29.4. The molecule has 0 amide bonds. The Balaban J connectivity index is 2.06. The van der Waals surface area contributed by atoms with Gasteiger partial charge in [-0.1, -0.05) is 135 Å². The maximum Gasteiger partial charge on any atom is 0.469 e. The number of unbranched alkanes of at least 4 members (excludes halogenated alkanes) is 19. The largest absolute Gasteiger partial charge is 0.492 e. The second kappa shape index (κ2) is 29.9. The van der Waals surface area contributed by atoms with Crippen molar-refractivity contribution in [1.29, 1.82) is 0 Å². The third-order valence-corrected chi connectivity index (χ3v) is 9.00. The Labute approximate surface area is 281 Å². The second-order valence-corrected chi connectivity index (χ2v) is 14.2. The average molecular weight is 673 g/mol. The Morgan fingerprint density at radius 3 is 1.89 bits per heavy atom. The molecule has 0 aromatic carbocycles. The number of hydrogen-bond donors (Lipinski definition) is 2. The monoisotopic (exact) mass is 672 g/mol. The van der Waals surface area contributed by atoms with E-state index in [-0.39, 0.29) is 19.2 Å². The van der Waals surface area contributed by atoms with E-state index in [1.165, 1.54) is 103 Å². The lowest BCUT2D eigenvalue weighted by molar-refractivity contribution is -0.147. The SMILES string of the molecule is CCCCC/C=C\CC1OC1CCCCCCCC(=O)OC[C@H](COP(=O)(O)O)O/C=C/CCCCCCCCCCCCCC. The summed E-state index contributed by atoms with van der Waals surface area (Å²) in [7, 11) is -4.64. The molecule has 270 valence electrons. The minimum Gasteiger partial charge on any atom is -0.492 e. The Morgan fingerprint density at radius 1 is 0.696 bits per heavy atom. The number of rotatable bonds is 34. The summed E-state index contributed by atoms with van der Waals surface area (Å²) < 4.78 is 32.5. The van der Waals surface area contributed by atoms with E-state index in [9.17, 15) is 9.36 Å². The van der Waals surface area contributed by atoms with Crippen molar-refractivity contribution < 1.29 is 37.9 Å². The van der Waals surface area contributed by atoms with Gasteiger partial charge < -0.3 is 24.0 Å². The van der Waals surface area contributed by atoms with Crippen molar-refractivity contribution >= 4 is 13.8 Å². The van der Waals surface area contributed by atoms with Crippen LogP contribution in [-0.2, 0) is 28.1 Å². The highest BCUT2D eigenvalue weighted by molar-refractivity contribution is 7.46. The number of esters is 1. The zero-order valence-corrected chi connectivity index (χ0v) is 30.3. The van der Waals surface area contributed by atoms with E-state index in [0.29, 0.717) is 18.6 Å². The van der Waals surface area contributed by atoms with Gasteiger partial charge in [-0.2, -0.15) is 0 Å². The third kappa shape index (κ3) is 29.0. The minimum absolute atomic E-state index is 0.113. The van der Waals surface area contributed by atoms with Crippen molar-refractivity contribution in [3.05, 3.63) is 24.5 Å². The van der Waals surface area contributed by atoms with E-state index >= 15 is 0 Å². The van der Waals surface area contributed by atoms with Gasteiger partial charge in [-0.25, -0.2) is 4.57 Å². The maximum absolute atomic E-state index is 12.2. The lowest BCUT2D eigenvalue weighted by Gasteiger charge is -2.17. The average Bonchev–Trinajstić information content (AvgIpc) is 3.78. The molecule has 0 radical (unpaired) electrons. The molecular weight excluding hydrogens is 603 g/mol. The molecule has 0 spiro atoms. The fraction of sp³-hybridized carbons (Fsp3) is 0.865. The molecule has 2 unspecified atom stereocenters. The summed E-state index contributed by atoms with van der Waals surface area (Å²) in [6, 6.07) is 0. The van der Waals surface area contributed by atoms with Crippen LogP contribution in [0, 0.1) is 0 Å². The molecule has 1 saturated heterocycles. The molecule has 0 aromatic rings. The number of carbonyl (C=O) groups excluding carboxylic acids is 1. The minimum atomic E-state index is -4.64. The Hall–Kier alpha value is -1.18. The molecule has 1 aliphatic rings. The van der Waals surface area contributed by atoms with Crippen molar-refractivity contribution in [3.8, 4) is 0 Å². The van der Waals surface area contributed by atoms with Crippen LogP contribution in [0.25, 0.3) is 0 Å². The molecule has 1 aliphatic heterocycles. The summed E-state index contributed by atoms with van der Waals surface area (Å²) in [5, 5.41) is 0. The summed E-state index contributed by atoms with van der Waals surface area (Å²) in [6.07, 6.45) is 37.1. The van der Waals surface area contributed by atoms with Crippen LogP contribution in [-0.4, -0.2) is 47.3 Å². The number of phosphoric ester groups is 1. The molecule has 1 rings (SSSR count). The van der Waals surface area contributed by atoms with Gasteiger partial charge >= 0.3 is 13.8 Å². The Morgan fingerprint density at radius 2 is 1.24 bits per heavy atom. The van der Waals surface area contributed by atoms with E-state index < -0.39 is 13.9 Å². The molecule has 0 aliphatic carbocycles. The summed E-state index contributed by atoms with van der Waals surface area (Å²) >= 11 is 0. The number of epoxide rings is 1. The van der Waals surface area contributed by atoms with Crippen LogP contribution in [0.5, 0.6) is 0 Å². The standard InChI is InChI=1S/C37H69O8P/c1-3-5-7-9-11-12-13-14-15-16-17-18-23-27-31-42-34(33-44-46(39,40)41)32-43-37(38)30-26-22-19-21-25-29-36-35(45-36)28-24-20-10-8-6-4-2/h20,24,27,31,34-36H,3-19,21-23,25-26,28-30,32-33H2,1-2H3,(H2,39,40,41)/b24-20-,31-27+/t34-,35?,36?/m1/s1. The van der Waals surface area contributed by atoms with E-state index in [4.69, 9.17) is 24.0 Å². The molecule has 1 fully saturated rings. The highest BCUT2D eigenvalue weighted by Gasteiger charge is 2.36. The van der Waals surface area contributed by atoms with Crippen LogP contribution in [0.3, 0.4) is 0 Å². The quantitative estimate of drug-likeness (QED) is 0.0173. The molecule has 0 saturated carbocycles. The normalized spacial score (nSPS) is 17.2. The zero-order chi connectivity index (χ0) is 33.6. The smallest absolute Gasteiger partial charge is 0.469 e. The van der Waals surface area contributed by atoms with Crippen molar-refractivity contribution in [2.75, 3.05) is 13.2 Å². The summed E-state index contributed by atoms with van der Waals surface area (Å²) in [4.78, 5) is 30.4. The highest BCUT2D eigenvalue weighted by atomic mass is 31.2. The summed E-state index contributed by atoms with van der Waals surface area (Å²) in [5.41, 5.74) is 0. The van der Waals surface area contributed by atoms with Gasteiger partial charge in [0.2, 0.25) is 0 Å². The van der Waals surface area contributed by atoms with Crippen LogP contribution >= 0.6 is 7.82 Å². The van der Waals surface area contributed by atoms with Crippen LogP contribution in [0.2, 0.25) is 0 Å². The molecule has 2 N–H and O–H groups in total. The topological polar surface area (TPSA) is 115 Å². The lowest BCUT2D eigenvalue weighted by atomic mass is 10.0. The van der Waals surface area contributed by atoms with Crippen molar-refractivity contribution in [1.82, 2.24) is 0 Å². The first kappa shape index (κ1) is 42.8. The number of carbonyl (C=O) groups is 1. The molecule has 0 bridgehead atoms. The number of allylic oxidation sites excluding steroid dienone is 2. The highest BCUT2D eigenvalue weighted by Crippen LogP contribution is 2.36. The van der Waals surface area contributed by atoms with E-state index in [0.717, 1.165) is 57.8 Å². The molecule has 8 nitrogen and oxygen atoms in total. The summed E-state index contributed by atoms with van der Waals surface area (Å²) in [6.45, 7) is 4.01. The first-order chi connectivity index (χ1) is 22.4. The first-order valence-electron chi connectivity index (χ1n) is 18.8. The second-order valence-electron chi connectivity index (χ2n) is 13.0. The molecule has 0 aromatic heterocycles. The van der Waals surface area contributed by atoms with E-state index in [1.807, 2.05) is 6.08 Å². The predicted octanol–water partition coefficient (Wildman–Crippen LogP) is 10.7. The molecule has 46 heavy (non-hydrogen) atoms. The van der Waals surface area contributed by atoms with Crippen LogP contribution in [0.4, 0.5) is 0 Å². The Kier molecular flexibility index (Phi) is 27.9. The van der Waals surface area contributed by atoms with Gasteiger partial charge in [-0.3, -0.25) is 9.32 Å². The number of phosphoric acid groups is 1. The number of ether oxygens (including phenoxy) is 3. The van der Waals surface area contributed by atoms with E-state index in [1.54, 1.807) is 0 Å². The third-order valence-electron chi connectivity index (χ3n) is 8.52. The number of hydrogen-bond acceptors (Lipinski definition) is 6. The predicted molar refractivity (Wildman–Crippen MR) is 188 cm³/mol. The fourth-order valence-electron chi connectivity index (χ4n) is 5.55. The first-order valence-corrected chi connectivity index (χ1v) is 20.3. The van der Waals surface area contributed by atoms with Crippen molar-refractivity contribution in [3.63, 3.8) is 0 Å². The van der Waals surface area contributed by atoms with Crippen molar-refractivity contribution in [2.45, 2.75) is 193 Å². The van der Waals surface area contributed by atoms with Gasteiger partial charge in [-0.05, 0) is 51.0 Å². The van der Waals surface area contributed by atoms with Crippen LogP contribution in [0.15, 0.2) is 24.5 Å². The van der Waals surface area contributed by atoms with Gasteiger partial charge in [-0.15, -0.1) is 0 Å². The van der Waals surface area contributed by atoms with Crippen molar-refractivity contribution in [2.24, 2.45) is 0 Å². The molecule has 9 heteroatoms. The van der Waals surface area contributed by atoms with Crippen LogP contribution < -0.4 is 0 Å². The molecular formula is C37H69O8P. The molecule has 1 heterocycles. The van der Waals surface area contributed by atoms with Gasteiger partial charge in [0.05, 0.1) is 25.1 Å². The van der Waals surface area contributed by atoms with Gasteiger partial charge in [0.25, 0.3) is 0 Å².